The molecule has 150 valence electrons. The highest BCUT2D eigenvalue weighted by Crippen LogP contribution is 2.19. The van der Waals surface area contributed by atoms with Gasteiger partial charge in [0, 0.05) is 32.7 Å². The zero-order valence-corrected chi connectivity index (χ0v) is 16.2. The second kappa shape index (κ2) is 10.2. The number of hydrogen-bond donors (Lipinski definition) is 2. The Morgan fingerprint density at radius 1 is 1.11 bits per heavy atom. The lowest BCUT2D eigenvalue weighted by molar-refractivity contribution is -0.113. The number of fused-ring (bicyclic) bond motifs is 1. The Bertz CT molecular complexity index is 750. The summed E-state index contributed by atoms with van der Waals surface area (Å²) in [5.74, 6) is 1.34. The van der Waals surface area contributed by atoms with E-state index >= 15 is 0 Å². The van der Waals surface area contributed by atoms with Crippen LogP contribution in [0, 0.1) is 0 Å². The first-order valence-corrected chi connectivity index (χ1v) is 9.62. The SMILES string of the molecule is COc1ccc(OC(C=O)CNCC(O)CN2CCc3ccccc3C2)cc1. The van der Waals surface area contributed by atoms with E-state index in [4.69, 9.17) is 9.47 Å². The number of ether oxygens (including phenoxy) is 2. The molecule has 1 aliphatic rings. The predicted molar refractivity (Wildman–Crippen MR) is 108 cm³/mol. The van der Waals surface area contributed by atoms with Gasteiger partial charge in [-0.1, -0.05) is 24.3 Å². The van der Waals surface area contributed by atoms with Gasteiger partial charge >= 0.3 is 0 Å². The minimum Gasteiger partial charge on any atom is -0.497 e. The van der Waals surface area contributed by atoms with Gasteiger partial charge in [0.05, 0.1) is 13.2 Å². The maximum Gasteiger partial charge on any atom is 0.166 e. The summed E-state index contributed by atoms with van der Waals surface area (Å²) in [6.07, 6.45) is 0.672. The molecule has 0 saturated carbocycles. The van der Waals surface area contributed by atoms with Crippen molar-refractivity contribution in [1.29, 1.82) is 0 Å². The van der Waals surface area contributed by atoms with E-state index in [9.17, 15) is 9.90 Å². The molecule has 28 heavy (non-hydrogen) atoms. The Morgan fingerprint density at radius 2 is 1.82 bits per heavy atom. The van der Waals surface area contributed by atoms with Crippen molar-refractivity contribution < 1.29 is 19.4 Å². The Kier molecular flexibility index (Phi) is 7.42. The second-order valence-electron chi connectivity index (χ2n) is 7.03. The van der Waals surface area contributed by atoms with E-state index in [0.717, 1.165) is 31.5 Å². The van der Waals surface area contributed by atoms with E-state index in [-0.39, 0.29) is 0 Å². The van der Waals surface area contributed by atoms with Crippen molar-refractivity contribution >= 4 is 6.29 Å². The molecule has 2 N–H and O–H groups in total. The summed E-state index contributed by atoms with van der Waals surface area (Å²) < 4.78 is 10.8. The number of methoxy groups -OCH3 is 1. The minimum atomic E-state index is -0.609. The van der Waals surface area contributed by atoms with Crippen LogP contribution in [0.4, 0.5) is 0 Å². The summed E-state index contributed by atoms with van der Waals surface area (Å²) in [7, 11) is 1.60. The number of carbonyl (C=O) groups is 1. The van der Waals surface area contributed by atoms with Crippen LogP contribution >= 0.6 is 0 Å². The van der Waals surface area contributed by atoms with Crippen molar-refractivity contribution in [1.82, 2.24) is 10.2 Å². The molecule has 1 aliphatic heterocycles. The van der Waals surface area contributed by atoms with Gasteiger partial charge in [-0.2, -0.15) is 0 Å². The Labute approximate surface area is 166 Å². The minimum absolute atomic E-state index is 0.343. The molecule has 2 unspecified atom stereocenters. The summed E-state index contributed by atoms with van der Waals surface area (Å²) in [5, 5.41) is 13.5. The molecule has 0 radical (unpaired) electrons. The first-order chi connectivity index (χ1) is 13.7. The number of aliphatic hydroxyl groups excluding tert-OH is 1. The van der Waals surface area contributed by atoms with Crippen molar-refractivity contribution in [3.8, 4) is 11.5 Å². The number of nitrogens with zero attached hydrogens (tertiary/aromatic N) is 1. The number of aliphatic hydroxyl groups is 1. The summed E-state index contributed by atoms with van der Waals surface area (Å²) in [6.45, 7) is 3.17. The van der Waals surface area contributed by atoms with Crippen LogP contribution in [0.15, 0.2) is 48.5 Å². The maximum atomic E-state index is 11.3. The van der Waals surface area contributed by atoms with E-state index in [1.807, 2.05) is 0 Å². The van der Waals surface area contributed by atoms with Gasteiger partial charge in [-0.3, -0.25) is 9.69 Å². The zero-order chi connectivity index (χ0) is 19.8. The largest absolute Gasteiger partial charge is 0.497 e. The van der Waals surface area contributed by atoms with Crippen molar-refractivity contribution in [2.24, 2.45) is 0 Å². The smallest absolute Gasteiger partial charge is 0.166 e. The number of hydrogen-bond acceptors (Lipinski definition) is 6. The molecule has 1 heterocycles. The third-order valence-corrected chi connectivity index (χ3v) is 4.90. The van der Waals surface area contributed by atoms with E-state index in [2.05, 4.69) is 34.5 Å². The average molecular weight is 384 g/mol. The van der Waals surface area contributed by atoms with Crippen LogP contribution in [0.5, 0.6) is 11.5 Å². The van der Waals surface area contributed by atoms with Gasteiger partial charge in [-0.25, -0.2) is 0 Å². The van der Waals surface area contributed by atoms with Crippen molar-refractivity contribution in [2.45, 2.75) is 25.2 Å². The van der Waals surface area contributed by atoms with Crippen LogP contribution in [0.2, 0.25) is 0 Å². The highest BCUT2D eigenvalue weighted by molar-refractivity contribution is 5.57. The number of β-amino-alcohol motifs (C(OH)–C–C–N with tert-alkyl or cyclic N) is 1. The molecule has 3 rings (SSSR count). The molecule has 0 spiro atoms. The van der Waals surface area contributed by atoms with Crippen LogP contribution in [-0.4, -0.2) is 61.8 Å². The van der Waals surface area contributed by atoms with Gasteiger partial charge in [0.25, 0.3) is 0 Å². The molecule has 0 aliphatic carbocycles. The second-order valence-corrected chi connectivity index (χ2v) is 7.03. The molecule has 2 atom stereocenters. The standard InChI is InChI=1S/C22H28N2O4/c1-27-20-6-8-21(9-7-20)28-22(16-25)13-23-12-19(26)15-24-11-10-17-4-2-3-5-18(17)14-24/h2-9,16,19,22-23,26H,10-15H2,1H3. The molecule has 0 fully saturated rings. The van der Waals surface area contributed by atoms with Crippen LogP contribution < -0.4 is 14.8 Å². The van der Waals surface area contributed by atoms with Crippen LogP contribution in [0.3, 0.4) is 0 Å². The monoisotopic (exact) mass is 384 g/mol. The predicted octanol–water partition coefficient (Wildman–Crippen LogP) is 1.65. The quantitative estimate of drug-likeness (QED) is 0.607. The summed E-state index contributed by atoms with van der Waals surface area (Å²) in [5.41, 5.74) is 2.73. The fourth-order valence-electron chi connectivity index (χ4n) is 3.41. The van der Waals surface area contributed by atoms with Gasteiger partial charge in [0.1, 0.15) is 11.5 Å². The van der Waals surface area contributed by atoms with Gasteiger partial charge in [-0.15, -0.1) is 0 Å². The lowest BCUT2D eigenvalue weighted by atomic mass is 10.00. The highest BCUT2D eigenvalue weighted by Gasteiger charge is 2.18. The first kappa shape index (κ1) is 20.3. The topological polar surface area (TPSA) is 71.0 Å². The van der Waals surface area contributed by atoms with Gasteiger partial charge in [0.2, 0.25) is 0 Å². The van der Waals surface area contributed by atoms with E-state index in [1.54, 1.807) is 31.4 Å². The number of aldehydes is 1. The van der Waals surface area contributed by atoms with Crippen molar-refractivity contribution in [2.75, 3.05) is 33.3 Å². The fourth-order valence-corrected chi connectivity index (χ4v) is 3.41. The molecule has 6 nitrogen and oxygen atoms in total. The molecule has 6 heteroatoms. The summed E-state index contributed by atoms with van der Waals surface area (Å²) in [6, 6.07) is 15.5. The van der Waals surface area contributed by atoms with Crippen molar-refractivity contribution in [3.63, 3.8) is 0 Å². The maximum absolute atomic E-state index is 11.3. The lowest BCUT2D eigenvalue weighted by Crippen LogP contribution is -2.43. The zero-order valence-electron chi connectivity index (χ0n) is 16.2. The molecular formula is C22H28N2O4. The number of carbonyl (C=O) groups excluding carboxylic acids is 1. The Balaban J connectivity index is 1.39. The van der Waals surface area contributed by atoms with E-state index < -0.39 is 12.2 Å². The summed E-state index contributed by atoms with van der Waals surface area (Å²) >= 11 is 0. The first-order valence-electron chi connectivity index (χ1n) is 9.62. The normalized spacial score (nSPS) is 16.1. The average Bonchev–Trinajstić information content (AvgIpc) is 2.73. The molecule has 2 aromatic rings. The van der Waals surface area contributed by atoms with Gasteiger partial charge < -0.3 is 19.9 Å². The molecule has 0 bridgehead atoms. The Hall–Kier alpha value is -2.41. The van der Waals surface area contributed by atoms with Crippen LogP contribution in [0.1, 0.15) is 11.1 Å². The molecule has 2 aromatic carbocycles. The third-order valence-electron chi connectivity index (χ3n) is 4.90. The van der Waals surface area contributed by atoms with E-state index in [0.29, 0.717) is 25.4 Å². The fraction of sp³-hybridized carbons (Fsp3) is 0.409. The number of nitrogens with one attached hydrogen (secondary N) is 1. The lowest BCUT2D eigenvalue weighted by Gasteiger charge is -2.30. The Morgan fingerprint density at radius 3 is 2.54 bits per heavy atom. The van der Waals surface area contributed by atoms with E-state index in [1.165, 1.54) is 11.1 Å². The highest BCUT2D eigenvalue weighted by atomic mass is 16.5. The van der Waals surface area contributed by atoms with Crippen molar-refractivity contribution in [3.05, 3.63) is 59.7 Å². The number of benzene rings is 2. The van der Waals surface area contributed by atoms with Crippen LogP contribution in [-0.2, 0) is 17.8 Å². The third kappa shape index (κ3) is 5.79. The molecule has 0 amide bonds. The summed E-state index contributed by atoms with van der Waals surface area (Å²) in [4.78, 5) is 13.5. The molecular weight excluding hydrogens is 356 g/mol. The van der Waals surface area contributed by atoms with Crippen LogP contribution in [0.25, 0.3) is 0 Å². The molecule has 0 aromatic heterocycles. The molecule has 0 saturated heterocycles. The van der Waals surface area contributed by atoms with Gasteiger partial charge in [-0.05, 0) is 41.8 Å². The number of rotatable bonds is 10. The van der Waals surface area contributed by atoms with Gasteiger partial charge in [0.15, 0.2) is 12.4 Å².